The van der Waals surface area contributed by atoms with Crippen LogP contribution in [0.2, 0.25) is 0 Å². The molecule has 0 aliphatic rings. The van der Waals surface area contributed by atoms with Crippen molar-refractivity contribution < 1.29 is 14.3 Å². The summed E-state index contributed by atoms with van der Waals surface area (Å²) in [6.45, 7) is 6.85. The van der Waals surface area contributed by atoms with Crippen molar-refractivity contribution >= 4 is 11.8 Å². The molecule has 0 spiro atoms. The lowest BCUT2D eigenvalue weighted by Gasteiger charge is -2.33. The number of carbonyl (C=O) groups excluding carboxylic acids is 2. The summed E-state index contributed by atoms with van der Waals surface area (Å²) in [5.41, 5.74) is 0. The SMILES string of the molecule is C/C=C\C[C@@H](C)C(OC(C)=O)[C@@H](C(C)=O)N(C)C. The monoisotopic (exact) mass is 255 g/mol. The van der Waals surface area contributed by atoms with E-state index in [1.54, 1.807) is 0 Å². The molecule has 0 fully saturated rings. The van der Waals surface area contributed by atoms with E-state index in [-0.39, 0.29) is 17.7 Å². The lowest BCUT2D eigenvalue weighted by Crippen LogP contribution is -2.49. The molecule has 0 heterocycles. The van der Waals surface area contributed by atoms with Crippen LogP contribution in [0, 0.1) is 5.92 Å². The Morgan fingerprint density at radius 3 is 2.17 bits per heavy atom. The molecule has 3 atom stereocenters. The summed E-state index contributed by atoms with van der Waals surface area (Å²) in [6.07, 6.45) is 4.35. The van der Waals surface area contributed by atoms with Crippen molar-refractivity contribution in [2.24, 2.45) is 5.92 Å². The van der Waals surface area contributed by atoms with Gasteiger partial charge in [0.05, 0.1) is 0 Å². The summed E-state index contributed by atoms with van der Waals surface area (Å²) < 4.78 is 5.36. The first kappa shape index (κ1) is 16.8. The Labute approximate surface area is 110 Å². The highest BCUT2D eigenvalue weighted by atomic mass is 16.5. The molecule has 0 amide bonds. The van der Waals surface area contributed by atoms with Gasteiger partial charge < -0.3 is 4.74 Å². The van der Waals surface area contributed by atoms with E-state index < -0.39 is 12.1 Å². The fraction of sp³-hybridized carbons (Fsp3) is 0.714. The third-order valence-corrected chi connectivity index (χ3v) is 2.89. The summed E-state index contributed by atoms with van der Waals surface area (Å²) in [4.78, 5) is 24.8. The van der Waals surface area contributed by atoms with Gasteiger partial charge in [0.25, 0.3) is 0 Å². The van der Waals surface area contributed by atoms with Crippen molar-refractivity contribution in [2.45, 2.75) is 46.3 Å². The number of likely N-dealkylation sites (N-methyl/N-ethyl adjacent to an activating group) is 1. The van der Waals surface area contributed by atoms with Crippen molar-refractivity contribution in [3.8, 4) is 0 Å². The summed E-state index contributed by atoms with van der Waals surface area (Å²) in [7, 11) is 3.65. The van der Waals surface area contributed by atoms with E-state index in [2.05, 4.69) is 0 Å². The summed E-state index contributed by atoms with van der Waals surface area (Å²) >= 11 is 0. The van der Waals surface area contributed by atoms with Crippen molar-refractivity contribution in [3.63, 3.8) is 0 Å². The number of rotatable bonds is 7. The van der Waals surface area contributed by atoms with E-state index in [1.807, 2.05) is 45.0 Å². The van der Waals surface area contributed by atoms with Gasteiger partial charge in [-0.1, -0.05) is 19.1 Å². The van der Waals surface area contributed by atoms with E-state index in [9.17, 15) is 9.59 Å². The molecule has 0 aromatic rings. The Morgan fingerprint density at radius 1 is 1.28 bits per heavy atom. The fourth-order valence-corrected chi connectivity index (χ4v) is 2.06. The first-order chi connectivity index (χ1) is 8.31. The van der Waals surface area contributed by atoms with Crippen molar-refractivity contribution in [1.82, 2.24) is 4.90 Å². The minimum absolute atomic E-state index is 0.0126. The molecule has 0 aromatic carbocycles. The van der Waals surface area contributed by atoms with Gasteiger partial charge in [-0.3, -0.25) is 14.5 Å². The summed E-state index contributed by atoms with van der Waals surface area (Å²) in [5.74, 6) is -0.236. The molecule has 0 saturated carbocycles. The van der Waals surface area contributed by atoms with Crippen LogP contribution in [0.3, 0.4) is 0 Å². The maximum absolute atomic E-state index is 11.7. The smallest absolute Gasteiger partial charge is 0.302 e. The van der Waals surface area contributed by atoms with Gasteiger partial charge in [0.2, 0.25) is 0 Å². The van der Waals surface area contributed by atoms with Gasteiger partial charge in [-0.25, -0.2) is 0 Å². The number of nitrogens with zero attached hydrogens (tertiary/aromatic N) is 1. The lowest BCUT2D eigenvalue weighted by molar-refractivity contribution is -0.154. The molecule has 4 heteroatoms. The number of Topliss-reactive ketones (excluding diaryl/α,β-unsaturated/α-hetero) is 1. The normalized spacial score (nSPS) is 16.6. The van der Waals surface area contributed by atoms with E-state index in [4.69, 9.17) is 4.74 Å². The van der Waals surface area contributed by atoms with Gasteiger partial charge in [-0.2, -0.15) is 0 Å². The largest absolute Gasteiger partial charge is 0.460 e. The third kappa shape index (κ3) is 5.45. The Bertz CT molecular complexity index is 310. The average Bonchev–Trinajstić information content (AvgIpc) is 2.23. The van der Waals surface area contributed by atoms with E-state index in [0.29, 0.717) is 0 Å². The highest BCUT2D eigenvalue weighted by molar-refractivity contribution is 5.82. The van der Waals surface area contributed by atoms with Crippen molar-refractivity contribution in [1.29, 1.82) is 0 Å². The molecule has 0 aliphatic carbocycles. The van der Waals surface area contributed by atoms with E-state index in [0.717, 1.165) is 6.42 Å². The van der Waals surface area contributed by atoms with E-state index in [1.165, 1.54) is 13.8 Å². The molecule has 0 aromatic heterocycles. The predicted octanol–water partition coefficient (Wildman–Crippen LogP) is 2.04. The Morgan fingerprint density at radius 2 is 1.83 bits per heavy atom. The molecular formula is C14H25NO3. The van der Waals surface area contributed by atoms with Gasteiger partial charge in [0.1, 0.15) is 12.1 Å². The van der Waals surface area contributed by atoms with Gasteiger partial charge in [0, 0.05) is 6.92 Å². The second kappa shape index (κ2) is 8.03. The minimum Gasteiger partial charge on any atom is -0.460 e. The van der Waals surface area contributed by atoms with Crippen molar-refractivity contribution in [3.05, 3.63) is 12.2 Å². The molecule has 0 aliphatic heterocycles. The van der Waals surface area contributed by atoms with Crippen molar-refractivity contribution in [2.75, 3.05) is 14.1 Å². The Kier molecular flexibility index (Phi) is 7.51. The van der Waals surface area contributed by atoms with Gasteiger partial charge >= 0.3 is 5.97 Å². The number of allylic oxidation sites excluding steroid dienone is 2. The Balaban J connectivity index is 5.04. The molecule has 104 valence electrons. The van der Waals surface area contributed by atoms with Crippen LogP contribution in [-0.4, -0.2) is 42.9 Å². The maximum atomic E-state index is 11.7. The molecule has 4 nitrogen and oxygen atoms in total. The van der Waals surface area contributed by atoms with Crippen LogP contribution in [0.25, 0.3) is 0 Å². The third-order valence-electron chi connectivity index (χ3n) is 2.89. The maximum Gasteiger partial charge on any atom is 0.302 e. The van der Waals surface area contributed by atoms with Gasteiger partial charge in [0.15, 0.2) is 5.78 Å². The molecule has 0 bridgehead atoms. The predicted molar refractivity (Wildman–Crippen MR) is 72.3 cm³/mol. The minimum atomic E-state index is -0.411. The van der Waals surface area contributed by atoms with Gasteiger partial charge in [-0.05, 0) is 40.3 Å². The zero-order chi connectivity index (χ0) is 14.3. The fourth-order valence-electron chi connectivity index (χ4n) is 2.06. The first-order valence-corrected chi connectivity index (χ1v) is 6.26. The zero-order valence-electron chi connectivity index (χ0n) is 12.3. The number of hydrogen-bond donors (Lipinski definition) is 0. The van der Waals surface area contributed by atoms with Crippen LogP contribution in [0.1, 0.15) is 34.1 Å². The number of carbonyl (C=O) groups is 2. The van der Waals surface area contributed by atoms with Crippen LogP contribution in [-0.2, 0) is 14.3 Å². The quantitative estimate of drug-likeness (QED) is 0.516. The summed E-state index contributed by atoms with van der Waals surface area (Å²) in [6, 6.07) is -0.394. The number of ether oxygens (including phenoxy) is 1. The van der Waals surface area contributed by atoms with Crippen LogP contribution in [0.15, 0.2) is 12.2 Å². The van der Waals surface area contributed by atoms with E-state index >= 15 is 0 Å². The number of ketones is 1. The number of hydrogen-bond acceptors (Lipinski definition) is 4. The second-order valence-electron chi connectivity index (χ2n) is 4.88. The van der Waals surface area contributed by atoms with Crippen LogP contribution < -0.4 is 0 Å². The zero-order valence-corrected chi connectivity index (χ0v) is 12.3. The first-order valence-electron chi connectivity index (χ1n) is 6.26. The molecule has 0 radical (unpaired) electrons. The topological polar surface area (TPSA) is 46.6 Å². The highest BCUT2D eigenvalue weighted by Gasteiger charge is 2.33. The molecule has 1 unspecified atom stereocenters. The molecule has 18 heavy (non-hydrogen) atoms. The summed E-state index contributed by atoms with van der Waals surface area (Å²) in [5, 5.41) is 0. The second-order valence-corrected chi connectivity index (χ2v) is 4.88. The molecule has 0 rings (SSSR count). The van der Waals surface area contributed by atoms with Crippen LogP contribution >= 0.6 is 0 Å². The van der Waals surface area contributed by atoms with Crippen LogP contribution in [0.5, 0.6) is 0 Å². The Hall–Kier alpha value is -1.16. The van der Waals surface area contributed by atoms with Gasteiger partial charge in [-0.15, -0.1) is 0 Å². The van der Waals surface area contributed by atoms with Crippen LogP contribution in [0.4, 0.5) is 0 Å². The number of esters is 1. The standard InChI is InChI=1S/C14H25NO3/c1-7-8-9-10(2)14(18-12(4)17)13(11(3)16)15(5)6/h7-8,10,13-14H,9H2,1-6H3/b8-7-/t10-,13-,14?/m1/s1. The molecule has 0 saturated heterocycles. The molecule has 0 N–H and O–H groups in total. The highest BCUT2D eigenvalue weighted by Crippen LogP contribution is 2.20. The average molecular weight is 255 g/mol. The molecular weight excluding hydrogens is 230 g/mol. The lowest BCUT2D eigenvalue weighted by atomic mass is 9.91.